The molecule has 4 rings (SSSR count). The molecule has 3 aromatic rings. The van der Waals surface area contributed by atoms with Gasteiger partial charge in [-0.1, -0.05) is 25.0 Å². The monoisotopic (exact) mass is 437 g/mol. The Morgan fingerprint density at radius 1 is 1.13 bits per heavy atom. The maximum atomic E-state index is 14.1. The lowest BCUT2D eigenvalue weighted by molar-refractivity contribution is -0.127. The van der Waals surface area contributed by atoms with Crippen molar-refractivity contribution >= 4 is 28.8 Å². The average Bonchev–Trinajstić information content (AvgIpc) is 3.46. The molecular weight excluding hydrogens is 413 g/mol. The number of pyridine rings is 1. The molecule has 31 heavy (non-hydrogen) atoms. The molecule has 1 N–H and O–H groups in total. The summed E-state index contributed by atoms with van der Waals surface area (Å²) in [4.78, 5) is 33.3. The van der Waals surface area contributed by atoms with Gasteiger partial charge < -0.3 is 5.32 Å². The van der Waals surface area contributed by atoms with Crippen molar-refractivity contribution in [2.75, 3.05) is 4.90 Å². The van der Waals surface area contributed by atoms with Crippen LogP contribution in [-0.4, -0.2) is 22.8 Å². The smallest absolute Gasteiger partial charge is 0.248 e. The first kappa shape index (κ1) is 21.2. The highest BCUT2D eigenvalue weighted by atomic mass is 32.1. The summed E-state index contributed by atoms with van der Waals surface area (Å²) in [5, 5.41) is 5.02. The van der Waals surface area contributed by atoms with Crippen molar-refractivity contribution in [2.24, 2.45) is 0 Å². The predicted molar refractivity (Wildman–Crippen MR) is 119 cm³/mol. The first-order valence-corrected chi connectivity index (χ1v) is 11.3. The first-order chi connectivity index (χ1) is 15.1. The molecule has 5 nitrogen and oxygen atoms in total. The maximum Gasteiger partial charge on any atom is 0.248 e. The van der Waals surface area contributed by atoms with Crippen molar-refractivity contribution in [1.82, 2.24) is 10.3 Å². The number of nitrogens with zero attached hydrogens (tertiary/aromatic N) is 2. The van der Waals surface area contributed by atoms with Gasteiger partial charge in [-0.05, 0) is 60.2 Å². The minimum Gasteiger partial charge on any atom is -0.351 e. The molecule has 1 aliphatic rings. The Morgan fingerprint density at radius 2 is 1.90 bits per heavy atom. The number of hydrogen-bond donors (Lipinski definition) is 1. The van der Waals surface area contributed by atoms with Crippen molar-refractivity contribution in [3.05, 3.63) is 82.6 Å². The van der Waals surface area contributed by atoms with Crippen molar-refractivity contribution in [1.29, 1.82) is 0 Å². The summed E-state index contributed by atoms with van der Waals surface area (Å²) in [6.07, 6.45) is 7.34. The van der Waals surface area contributed by atoms with Crippen LogP contribution in [0.3, 0.4) is 0 Å². The fourth-order valence-electron chi connectivity index (χ4n) is 4.02. The van der Waals surface area contributed by atoms with Crippen molar-refractivity contribution < 1.29 is 14.0 Å². The molecule has 0 bridgehead atoms. The lowest BCUT2D eigenvalue weighted by atomic mass is 10.0. The number of rotatable bonds is 7. The van der Waals surface area contributed by atoms with E-state index in [0.29, 0.717) is 11.3 Å². The normalized spacial score (nSPS) is 14.9. The van der Waals surface area contributed by atoms with Crippen LogP contribution in [0.5, 0.6) is 0 Å². The number of thiophene rings is 1. The number of amides is 2. The molecule has 1 saturated carbocycles. The summed E-state index contributed by atoms with van der Waals surface area (Å²) < 4.78 is 14.1. The Balaban J connectivity index is 1.74. The third kappa shape index (κ3) is 5.17. The first-order valence-electron chi connectivity index (χ1n) is 10.4. The van der Waals surface area contributed by atoms with Crippen LogP contribution in [0, 0.1) is 5.82 Å². The molecule has 7 heteroatoms. The van der Waals surface area contributed by atoms with E-state index in [4.69, 9.17) is 0 Å². The highest BCUT2D eigenvalue weighted by Crippen LogP contribution is 2.30. The summed E-state index contributed by atoms with van der Waals surface area (Å²) >= 11 is 1.48. The van der Waals surface area contributed by atoms with E-state index in [1.54, 1.807) is 36.7 Å². The summed E-state index contributed by atoms with van der Waals surface area (Å²) in [5.41, 5.74) is 0.985. The summed E-state index contributed by atoms with van der Waals surface area (Å²) in [6.45, 7) is 0. The number of carbonyl (C=O) groups excluding carboxylic acids is 2. The molecule has 0 spiro atoms. The number of nitrogens with one attached hydrogen (secondary N) is 1. The molecule has 0 saturated heterocycles. The summed E-state index contributed by atoms with van der Waals surface area (Å²) in [5.74, 6) is -0.991. The zero-order chi connectivity index (χ0) is 21.6. The molecule has 2 aromatic heterocycles. The van der Waals surface area contributed by atoms with Crippen LogP contribution in [0.1, 0.15) is 42.2 Å². The zero-order valence-corrected chi connectivity index (χ0v) is 17.9. The fourth-order valence-corrected chi connectivity index (χ4v) is 4.72. The second kappa shape index (κ2) is 9.83. The second-order valence-electron chi connectivity index (χ2n) is 7.67. The molecule has 1 aliphatic carbocycles. The molecule has 0 aliphatic heterocycles. The maximum absolute atomic E-state index is 14.1. The third-order valence-electron chi connectivity index (χ3n) is 5.49. The van der Waals surface area contributed by atoms with Gasteiger partial charge in [0.1, 0.15) is 11.9 Å². The predicted octanol–water partition coefficient (Wildman–Crippen LogP) is 4.66. The minimum atomic E-state index is -0.919. The minimum absolute atomic E-state index is 0.0959. The lowest BCUT2D eigenvalue weighted by Gasteiger charge is -2.32. The molecule has 160 valence electrons. The van der Waals surface area contributed by atoms with Gasteiger partial charge in [-0.3, -0.25) is 19.5 Å². The molecular formula is C24H24FN3O2S. The quantitative estimate of drug-likeness (QED) is 0.585. The topological polar surface area (TPSA) is 62.3 Å². The summed E-state index contributed by atoms with van der Waals surface area (Å²) in [7, 11) is 0. The van der Waals surface area contributed by atoms with E-state index in [2.05, 4.69) is 10.3 Å². The van der Waals surface area contributed by atoms with Gasteiger partial charge in [-0.25, -0.2) is 4.39 Å². The Hall–Kier alpha value is -3.06. The molecule has 1 aromatic carbocycles. The van der Waals surface area contributed by atoms with Crippen LogP contribution in [-0.2, 0) is 16.0 Å². The van der Waals surface area contributed by atoms with Gasteiger partial charge in [0.15, 0.2) is 0 Å². The molecule has 0 radical (unpaired) electrons. The summed E-state index contributed by atoms with van der Waals surface area (Å²) in [6, 6.07) is 12.2. The van der Waals surface area contributed by atoms with E-state index in [-0.39, 0.29) is 24.3 Å². The highest BCUT2D eigenvalue weighted by molar-refractivity contribution is 7.10. The zero-order valence-electron chi connectivity index (χ0n) is 17.0. The lowest BCUT2D eigenvalue weighted by Crippen LogP contribution is -2.46. The Kier molecular flexibility index (Phi) is 6.72. The van der Waals surface area contributed by atoms with Crippen LogP contribution < -0.4 is 10.2 Å². The van der Waals surface area contributed by atoms with Gasteiger partial charge >= 0.3 is 0 Å². The van der Waals surface area contributed by atoms with Gasteiger partial charge in [0.2, 0.25) is 11.8 Å². The van der Waals surface area contributed by atoms with E-state index in [9.17, 15) is 14.0 Å². The van der Waals surface area contributed by atoms with E-state index in [1.807, 2.05) is 17.5 Å². The van der Waals surface area contributed by atoms with Crippen LogP contribution in [0.2, 0.25) is 0 Å². The van der Waals surface area contributed by atoms with E-state index in [1.165, 1.54) is 28.4 Å². The highest BCUT2D eigenvalue weighted by Gasteiger charge is 2.34. The van der Waals surface area contributed by atoms with Gasteiger partial charge in [-0.2, -0.15) is 0 Å². The number of anilines is 1. The van der Waals surface area contributed by atoms with E-state index < -0.39 is 11.9 Å². The van der Waals surface area contributed by atoms with Crippen LogP contribution >= 0.6 is 11.3 Å². The van der Waals surface area contributed by atoms with E-state index >= 15 is 0 Å². The van der Waals surface area contributed by atoms with Crippen molar-refractivity contribution in [3.8, 4) is 0 Å². The van der Waals surface area contributed by atoms with Crippen molar-refractivity contribution in [2.45, 2.75) is 44.2 Å². The Bertz CT molecular complexity index is 1020. The van der Waals surface area contributed by atoms with Gasteiger partial charge in [0.25, 0.3) is 0 Å². The Morgan fingerprint density at radius 3 is 2.58 bits per heavy atom. The molecule has 0 unspecified atom stereocenters. The fraction of sp³-hybridized carbons (Fsp3) is 0.292. The Labute approximate surface area is 184 Å². The van der Waals surface area contributed by atoms with Crippen LogP contribution in [0.4, 0.5) is 10.1 Å². The number of halogens is 1. The average molecular weight is 438 g/mol. The molecule has 2 heterocycles. The largest absolute Gasteiger partial charge is 0.351 e. The SMILES string of the molecule is O=C(NC1CCCC1)[C@@H](c1ccncc1)N(C(=O)Cc1cccs1)c1cccc(F)c1. The second-order valence-corrected chi connectivity index (χ2v) is 8.71. The molecule has 1 atom stereocenters. The molecule has 2 amide bonds. The van der Waals surface area contributed by atoms with Crippen molar-refractivity contribution in [3.63, 3.8) is 0 Å². The van der Waals surface area contributed by atoms with Gasteiger partial charge in [0, 0.05) is 29.0 Å². The standard InChI is InChI=1S/C24H24FN3O2S/c25-18-5-3-8-20(15-18)28(22(29)16-21-9-4-14-31-21)23(17-10-12-26-13-11-17)24(30)27-19-6-1-2-7-19/h3-5,8-15,19,23H,1-2,6-7,16H2,(H,27,30)/t23-/m1/s1. The van der Waals surface area contributed by atoms with Gasteiger partial charge in [0.05, 0.1) is 6.42 Å². The van der Waals surface area contributed by atoms with E-state index in [0.717, 1.165) is 30.6 Å². The van der Waals surface area contributed by atoms with Crippen LogP contribution in [0.25, 0.3) is 0 Å². The third-order valence-corrected chi connectivity index (χ3v) is 6.37. The molecule has 1 fully saturated rings. The van der Waals surface area contributed by atoms with Crippen LogP contribution in [0.15, 0.2) is 66.3 Å². The number of aromatic nitrogens is 1. The number of carbonyl (C=O) groups is 2. The number of benzene rings is 1. The number of hydrogen-bond acceptors (Lipinski definition) is 4. The van der Waals surface area contributed by atoms with Gasteiger partial charge in [-0.15, -0.1) is 11.3 Å².